The van der Waals surface area contributed by atoms with Crippen molar-refractivity contribution in [2.24, 2.45) is 0 Å². The van der Waals surface area contributed by atoms with Gasteiger partial charge in [0.1, 0.15) is 4.34 Å². The third kappa shape index (κ3) is 3.87. The number of nitrogens with one attached hydrogen (secondary N) is 1. The van der Waals surface area contributed by atoms with Crippen molar-refractivity contribution in [1.82, 2.24) is 5.32 Å². The monoisotopic (exact) mass is 297 g/mol. The third-order valence-corrected chi connectivity index (χ3v) is 4.21. The molecule has 0 aliphatic carbocycles. The fourth-order valence-corrected chi connectivity index (χ4v) is 2.80. The summed E-state index contributed by atoms with van der Waals surface area (Å²) in [7, 11) is 1.71. The van der Waals surface area contributed by atoms with E-state index in [1.54, 1.807) is 18.4 Å². The maximum Gasteiger partial charge on any atom is 0.107 e. The van der Waals surface area contributed by atoms with Gasteiger partial charge in [-0.15, -0.1) is 11.3 Å². The summed E-state index contributed by atoms with van der Waals surface area (Å²) < 4.78 is 6.81. The largest absolute Gasteiger partial charge is 0.383 e. The molecule has 0 saturated carbocycles. The molecular formula is C9H13BrClNOS. The van der Waals surface area contributed by atoms with Gasteiger partial charge in [0.2, 0.25) is 0 Å². The van der Waals surface area contributed by atoms with Crippen LogP contribution >= 0.6 is 38.9 Å². The number of halogens is 2. The standard InChI is InChI=1S/C9H13BrClNOS/c1-6(5-13-2)12-4-7-3-8(10)9(11)14-7/h3,6,12H,4-5H2,1-2H3. The molecule has 2 nitrogen and oxygen atoms in total. The first-order valence-electron chi connectivity index (χ1n) is 4.29. The zero-order chi connectivity index (χ0) is 10.6. The highest BCUT2D eigenvalue weighted by atomic mass is 79.9. The van der Waals surface area contributed by atoms with Gasteiger partial charge in [-0.2, -0.15) is 0 Å². The number of methoxy groups -OCH3 is 1. The predicted octanol–water partition coefficient (Wildman–Crippen LogP) is 3.29. The molecule has 1 rings (SSSR count). The van der Waals surface area contributed by atoms with E-state index in [0.717, 1.165) is 22.0 Å². The fourth-order valence-electron chi connectivity index (χ4n) is 1.06. The number of ether oxygens (including phenoxy) is 1. The normalized spacial score (nSPS) is 13.1. The van der Waals surface area contributed by atoms with Crippen LogP contribution in [-0.4, -0.2) is 19.8 Å². The van der Waals surface area contributed by atoms with E-state index in [9.17, 15) is 0 Å². The molecule has 5 heteroatoms. The van der Waals surface area contributed by atoms with Crippen LogP contribution in [0, 0.1) is 0 Å². The van der Waals surface area contributed by atoms with Crippen molar-refractivity contribution in [3.63, 3.8) is 0 Å². The molecule has 0 fully saturated rings. The lowest BCUT2D eigenvalue weighted by Crippen LogP contribution is -2.29. The molecule has 80 valence electrons. The quantitative estimate of drug-likeness (QED) is 0.900. The average Bonchev–Trinajstić information content (AvgIpc) is 2.44. The Morgan fingerprint density at radius 1 is 1.71 bits per heavy atom. The topological polar surface area (TPSA) is 21.3 Å². The Balaban J connectivity index is 2.38. The van der Waals surface area contributed by atoms with Gasteiger partial charge in [0.15, 0.2) is 0 Å². The summed E-state index contributed by atoms with van der Waals surface area (Å²) in [6, 6.07) is 2.40. The molecule has 1 N–H and O–H groups in total. The Kier molecular flexibility index (Phi) is 5.41. The van der Waals surface area contributed by atoms with Crippen molar-refractivity contribution in [3.8, 4) is 0 Å². The molecule has 1 unspecified atom stereocenters. The van der Waals surface area contributed by atoms with Gasteiger partial charge < -0.3 is 10.1 Å². The van der Waals surface area contributed by atoms with Gasteiger partial charge in [-0.3, -0.25) is 0 Å². The predicted molar refractivity (Wildman–Crippen MR) is 65.2 cm³/mol. The molecule has 1 heterocycles. The lowest BCUT2D eigenvalue weighted by molar-refractivity contribution is 0.172. The van der Waals surface area contributed by atoms with Crippen LogP contribution in [-0.2, 0) is 11.3 Å². The zero-order valence-corrected chi connectivity index (χ0v) is 11.3. The Bertz CT molecular complexity index is 273. The van der Waals surface area contributed by atoms with Crippen LogP contribution in [0.1, 0.15) is 11.8 Å². The summed E-state index contributed by atoms with van der Waals surface area (Å²) in [4.78, 5) is 1.23. The first-order chi connectivity index (χ1) is 6.63. The summed E-state index contributed by atoms with van der Waals surface area (Å²) in [5.74, 6) is 0. The van der Waals surface area contributed by atoms with Crippen molar-refractivity contribution in [2.45, 2.75) is 19.5 Å². The highest BCUT2D eigenvalue weighted by Gasteiger charge is 2.05. The van der Waals surface area contributed by atoms with E-state index in [2.05, 4.69) is 28.2 Å². The molecule has 0 bridgehead atoms. The second-order valence-corrected chi connectivity index (χ2v) is 5.66. The SMILES string of the molecule is COCC(C)NCc1cc(Br)c(Cl)s1. The summed E-state index contributed by atoms with van der Waals surface area (Å²) in [5.41, 5.74) is 0. The summed E-state index contributed by atoms with van der Waals surface area (Å²) in [6.07, 6.45) is 0. The molecule has 14 heavy (non-hydrogen) atoms. The van der Waals surface area contributed by atoms with E-state index < -0.39 is 0 Å². The number of rotatable bonds is 5. The second kappa shape index (κ2) is 6.08. The summed E-state index contributed by atoms with van der Waals surface area (Å²) in [5, 5.41) is 3.35. The van der Waals surface area contributed by atoms with E-state index in [1.807, 2.05) is 6.07 Å². The van der Waals surface area contributed by atoms with Crippen LogP contribution in [0.25, 0.3) is 0 Å². The van der Waals surface area contributed by atoms with Gasteiger partial charge in [-0.25, -0.2) is 0 Å². The molecule has 1 aromatic heterocycles. The van der Waals surface area contributed by atoms with Gasteiger partial charge in [0.05, 0.1) is 6.61 Å². The average molecular weight is 299 g/mol. The number of thiophene rings is 1. The van der Waals surface area contributed by atoms with E-state index in [-0.39, 0.29) is 0 Å². The molecule has 0 amide bonds. The van der Waals surface area contributed by atoms with E-state index in [1.165, 1.54) is 4.88 Å². The molecule has 1 aromatic rings. The fraction of sp³-hybridized carbons (Fsp3) is 0.556. The van der Waals surface area contributed by atoms with E-state index in [0.29, 0.717) is 6.04 Å². The van der Waals surface area contributed by atoms with Crippen LogP contribution in [0.2, 0.25) is 4.34 Å². The smallest absolute Gasteiger partial charge is 0.107 e. The minimum Gasteiger partial charge on any atom is -0.383 e. The molecule has 0 aliphatic heterocycles. The van der Waals surface area contributed by atoms with Crippen LogP contribution in [0.4, 0.5) is 0 Å². The molecule has 1 atom stereocenters. The van der Waals surface area contributed by atoms with Gasteiger partial charge in [-0.05, 0) is 28.9 Å². The third-order valence-electron chi connectivity index (χ3n) is 1.74. The van der Waals surface area contributed by atoms with Crippen molar-refractivity contribution >= 4 is 38.9 Å². The maximum atomic E-state index is 5.93. The second-order valence-electron chi connectivity index (χ2n) is 3.07. The molecular weight excluding hydrogens is 286 g/mol. The van der Waals surface area contributed by atoms with Crippen LogP contribution in [0.15, 0.2) is 10.5 Å². The maximum absolute atomic E-state index is 5.93. The minimum atomic E-state index is 0.361. The van der Waals surface area contributed by atoms with Gasteiger partial charge in [0, 0.05) is 29.0 Å². The summed E-state index contributed by atoms with van der Waals surface area (Å²) in [6.45, 7) is 3.65. The van der Waals surface area contributed by atoms with Gasteiger partial charge in [-0.1, -0.05) is 11.6 Å². The Morgan fingerprint density at radius 2 is 2.43 bits per heavy atom. The van der Waals surface area contributed by atoms with Crippen molar-refractivity contribution < 1.29 is 4.74 Å². The lowest BCUT2D eigenvalue weighted by atomic mass is 10.3. The van der Waals surface area contributed by atoms with Crippen molar-refractivity contribution in [3.05, 3.63) is 19.8 Å². The Morgan fingerprint density at radius 3 is 2.93 bits per heavy atom. The van der Waals surface area contributed by atoms with Crippen LogP contribution < -0.4 is 5.32 Å². The van der Waals surface area contributed by atoms with Crippen LogP contribution in [0.3, 0.4) is 0 Å². The first kappa shape index (κ1) is 12.5. The molecule has 0 aliphatic rings. The number of hydrogen-bond acceptors (Lipinski definition) is 3. The Labute approximate surface area is 102 Å². The first-order valence-corrected chi connectivity index (χ1v) is 6.28. The van der Waals surface area contributed by atoms with Crippen molar-refractivity contribution in [2.75, 3.05) is 13.7 Å². The highest BCUT2D eigenvalue weighted by molar-refractivity contribution is 9.10. The van der Waals surface area contributed by atoms with Gasteiger partial charge in [0.25, 0.3) is 0 Å². The minimum absolute atomic E-state index is 0.361. The lowest BCUT2D eigenvalue weighted by Gasteiger charge is -2.11. The number of hydrogen-bond donors (Lipinski definition) is 1. The summed E-state index contributed by atoms with van der Waals surface area (Å²) >= 11 is 10.9. The zero-order valence-electron chi connectivity index (χ0n) is 8.14. The molecule has 0 radical (unpaired) electrons. The van der Waals surface area contributed by atoms with Crippen LogP contribution in [0.5, 0.6) is 0 Å². The van der Waals surface area contributed by atoms with E-state index in [4.69, 9.17) is 16.3 Å². The van der Waals surface area contributed by atoms with Crippen molar-refractivity contribution in [1.29, 1.82) is 0 Å². The molecule has 0 saturated heterocycles. The molecule has 0 aromatic carbocycles. The highest BCUT2D eigenvalue weighted by Crippen LogP contribution is 2.31. The van der Waals surface area contributed by atoms with Gasteiger partial charge >= 0.3 is 0 Å². The Hall–Kier alpha value is 0.390. The molecule has 0 spiro atoms. The van der Waals surface area contributed by atoms with E-state index >= 15 is 0 Å².